The second-order valence-electron chi connectivity index (χ2n) is 2.21. The van der Waals surface area contributed by atoms with Gasteiger partial charge in [-0.2, -0.15) is 0 Å². The van der Waals surface area contributed by atoms with Crippen LogP contribution in [0.3, 0.4) is 0 Å². The minimum Gasteiger partial charge on any atom is -0.361 e. The lowest BCUT2D eigenvalue weighted by Gasteiger charge is -2.17. The molecule has 0 saturated heterocycles. The van der Waals surface area contributed by atoms with Gasteiger partial charge in [0.1, 0.15) is 0 Å². The molecule has 0 saturated carbocycles. The van der Waals surface area contributed by atoms with Crippen molar-refractivity contribution in [2.75, 3.05) is 7.11 Å². The molecule has 0 aromatic carbocycles. The van der Waals surface area contributed by atoms with Crippen LogP contribution in [0.5, 0.6) is 0 Å². The zero-order valence-corrected chi connectivity index (χ0v) is 8.55. The summed E-state index contributed by atoms with van der Waals surface area (Å²) in [5, 5.41) is 0. The number of methoxy groups -OCH3 is 1. The first-order chi connectivity index (χ1) is 4.68. The molecule has 0 aliphatic rings. The van der Waals surface area contributed by atoms with Crippen molar-refractivity contribution in [3.63, 3.8) is 0 Å². The van der Waals surface area contributed by atoms with Crippen molar-refractivity contribution in [1.29, 1.82) is 0 Å². The third-order valence-electron chi connectivity index (χ3n) is 1.39. The molecule has 2 nitrogen and oxygen atoms in total. The standard InChI is InChI=1S/C7H13IO2/c1-3-4-5-7(8,6-9)10-2/h6H,3-5H2,1-2H3. The Morgan fingerprint density at radius 3 is 2.60 bits per heavy atom. The van der Waals surface area contributed by atoms with Crippen molar-refractivity contribution in [3.8, 4) is 0 Å². The van der Waals surface area contributed by atoms with Crippen molar-refractivity contribution in [2.24, 2.45) is 0 Å². The van der Waals surface area contributed by atoms with Crippen LogP contribution < -0.4 is 0 Å². The van der Waals surface area contributed by atoms with E-state index in [4.69, 9.17) is 4.74 Å². The third kappa shape index (κ3) is 3.51. The molecule has 0 N–H and O–H groups in total. The monoisotopic (exact) mass is 256 g/mol. The van der Waals surface area contributed by atoms with E-state index in [1.807, 2.05) is 22.6 Å². The zero-order chi connectivity index (χ0) is 8.04. The van der Waals surface area contributed by atoms with Crippen molar-refractivity contribution in [2.45, 2.75) is 29.8 Å². The molecule has 0 bridgehead atoms. The number of hydrogen-bond donors (Lipinski definition) is 0. The maximum Gasteiger partial charge on any atom is 0.173 e. The van der Waals surface area contributed by atoms with E-state index in [0.29, 0.717) is 0 Å². The predicted molar refractivity (Wildman–Crippen MR) is 49.3 cm³/mol. The minimum atomic E-state index is -0.576. The van der Waals surface area contributed by atoms with Crippen molar-refractivity contribution < 1.29 is 9.53 Å². The molecule has 0 aliphatic heterocycles. The first-order valence-corrected chi connectivity index (χ1v) is 4.47. The summed E-state index contributed by atoms with van der Waals surface area (Å²) < 4.78 is 4.43. The number of ether oxygens (including phenoxy) is 1. The summed E-state index contributed by atoms with van der Waals surface area (Å²) in [7, 11) is 1.57. The van der Waals surface area contributed by atoms with E-state index in [0.717, 1.165) is 25.5 Å². The SMILES string of the molecule is CCCCC(I)(C=O)OC. The quantitative estimate of drug-likeness (QED) is 0.428. The van der Waals surface area contributed by atoms with Gasteiger partial charge in [-0.05, 0) is 35.4 Å². The average molecular weight is 256 g/mol. The molecule has 1 atom stereocenters. The third-order valence-corrected chi connectivity index (χ3v) is 2.62. The summed E-state index contributed by atoms with van der Waals surface area (Å²) in [5.41, 5.74) is 0. The number of carbonyl (C=O) groups is 1. The lowest BCUT2D eigenvalue weighted by Crippen LogP contribution is -2.24. The molecule has 0 heterocycles. The van der Waals surface area contributed by atoms with E-state index in [1.54, 1.807) is 7.11 Å². The van der Waals surface area contributed by atoms with Crippen LogP contribution in [-0.2, 0) is 9.53 Å². The van der Waals surface area contributed by atoms with Crippen LogP contribution in [0.2, 0.25) is 0 Å². The highest BCUT2D eigenvalue weighted by atomic mass is 127. The molecule has 0 aromatic heterocycles. The zero-order valence-electron chi connectivity index (χ0n) is 6.39. The lowest BCUT2D eigenvalue weighted by atomic mass is 10.2. The molecule has 3 heteroatoms. The van der Waals surface area contributed by atoms with Gasteiger partial charge in [0, 0.05) is 7.11 Å². The van der Waals surface area contributed by atoms with Gasteiger partial charge in [-0.25, -0.2) is 0 Å². The Morgan fingerprint density at radius 1 is 1.70 bits per heavy atom. The molecule has 0 spiro atoms. The van der Waals surface area contributed by atoms with Gasteiger partial charge in [0.25, 0.3) is 0 Å². The van der Waals surface area contributed by atoms with Gasteiger partial charge in [-0.1, -0.05) is 13.3 Å². The Labute approximate surface area is 75.5 Å². The van der Waals surface area contributed by atoms with Crippen LogP contribution in [0.4, 0.5) is 0 Å². The number of aldehydes is 1. The van der Waals surface area contributed by atoms with Gasteiger partial charge in [-0.15, -0.1) is 0 Å². The lowest BCUT2D eigenvalue weighted by molar-refractivity contribution is -0.118. The second kappa shape index (κ2) is 5.07. The Bertz CT molecular complexity index is 106. The van der Waals surface area contributed by atoms with Gasteiger partial charge in [0.2, 0.25) is 0 Å². The minimum absolute atomic E-state index is 0.576. The van der Waals surface area contributed by atoms with E-state index in [-0.39, 0.29) is 0 Å². The molecule has 10 heavy (non-hydrogen) atoms. The number of halogens is 1. The van der Waals surface area contributed by atoms with Crippen molar-refractivity contribution in [3.05, 3.63) is 0 Å². The Hall–Kier alpha value is 0.360. The summed E-state index contributed by atoms with van der Waals surface area (Å²) in [6.07, 6.45) is 3.81. The molecule has 1 unspecified atom stereocenters. The summed E-state index contributed by atoms with van der Waals surface area (Å²) in [5.74, 6) is 0. The molecule has 60 valence electrons. The van der Waals surface area contributed by atoms with Gasteiger partial charge in [-0.3, -0.25) is 4.79 Å². The summed E-state index contributed by atoms with van der Waals surface area (Å²) in [4.78, 5) is 10.4. The first-order valence-electron chi connectivity index (χ1n) is 3.39. The molecule has 0 rings (SSSR count). The molecule has 0 aromatic rings. The number of carbonyl (C=O) groups excluding carboxylic acids is 1. The van der Waals surface area contributed by atoms with Crippen LogP contribution in [0, 0.1) is 0 Å². The fourth-order valence-electron chi connectivity index (χ4n) is 0.627. The number of alkyl halides is 1. The van der Waals surface area contributed by atoms with E-state index in [2.05, 4.69) is 6.92 Å². The summed E-state index contributed by atoms with van der Waals surface area (Å²) in [6, 6.07) is 0. The highest BCUT2D eigenvalue weighted by Crippen LogP contribution is 2.23. The molecule has 0 radical (unpaired) electrons. The van der Waals surface area contributed by atoms with E-state index in [9.17, 15) is 4.79 Å². The molecule has 0 amide bonds. The van der Waals surface area contributed by atoms with E-state index >= 15 is 0 Å². The number of unbranched alkanes of at least 4 members (excludes halogenated alkanes) is 1. The maximum absolute atomic E-state index is 10.4. The molecule has 0 aliphatic carbocycles. The highest BCUT2D eigenvalue weighted by molar-refractivity contribution is 14.1. The van der Waals surface area contributed by atoms with Gasteiger partial charge >= 0.3 is 0 Å². The average Bonchev–Trinajstić information content (AvgIpc) is 2.00. The summed E-state index contributed by atoms with van der Waals surface area (Å²) >= 11 is 2.04. The highest BCUT2D eigenvalue weighted by Gasteiger charge is 2.23. The fourth-order valence-corrected chi connectivity index (χ4v) is 1.01. The Kier molecular flexibility index (Phi) is 5.25. The predicted octanol–water partition coefficient (Wildman–Crippen LogP) is 2.15. The van der Waals surface area contributed by atoms with Crippen molar-refractivity contribution in [1.82, 2.24) is 0 Å². The maximum atomic E-state index is 10.4. The normalized spacial score (nSPS) is 16.3. The van der Waals surface area contributed by atoms with E-state index in [1.165, 1.54) is 0 Å². The van der Waals surface area contributed by atoms with Gasteiger partial charge in [0.15, 0.2) is 9.89 Å². The van der Waals surface area contributed by atoms with Crippen LogP contribution in [-0.4, -0.2) is 17.0 Å². The Morgan fingerprint density at radius 2 is 2.30 bits per heavy atom. The largest absolute Gasteiger partial charge is 0.361 e. The smallest absolute Gasteiger partial charge is 0.173 e. The van der Waals surface area contributed by atoms with Gasteiger partial charge in [0.05, 0.1) is 0 Å². The number of rotatable bonds is 5. The fraction of sp³-hybridized carbons (Fsp3) is 0.857. The van der Waals surface area contributed by atoms with Crippen LogP contribution in [0.1, 0.15) is 26.2 Å². The summed E-state index contributed by atoms with van der Waals surface area (Å²) in [6.45, 7) is 2.09. The molecular weight excluding hydrogens is 243 g/mol. The first kappa shape index (κ1) is 10.4. The van der Waals surface area contributed by atoms with Crippen LogP contribution in [0.25, 0.3) is 0 Å². The van der Waals surface area contributed by atoms with Gasteiger partial charge < -0.3 is 4.74 Å². The second-order valence-corrected chi connectivity index (χ2v) is 4.04. The molecule has 0 fully saturated rings. The topological polar surface area (TPSA) is 26.3 Å². The van der Waals surface area contributed by atoms with E-state index < -0.39 is 3.61 Å². The Balaban J connectivity index is 3.68. The number of hydrogen-bond acceptors (Lipinski definition) is 2. The molecular formula is C7H13IO2. The van der Waals surface area contributed by atoms with Crippen molar-refractivity contribution >= 4 is 28.9 Å². The van der Waals surface area contributed by atoms with Crippen LogP contribution in [0.15, 0.2) is 0 Å². The van der Waals surface area contributed by atoms with Crippen LogP contribution >= 0.6 is 22.6 Å².